The third kappa shape index (κ3) is 3.89. The summed E-state index contributed by atoms with van der Waals surface area (Å²) in [5, 5.41) is 2.90. The number of amides is 1. The molecule has 0 bridgehead atoms. The SMILES string of the molecule is CC(=O)NCc1cnc(C)nc1C1CCCN1C1CCCCC1. The van der Waals surface area contributed by atoms with Crippen LogP contribution in [0.4, 0.5) is 0 Å². The van der Waals surface area contributed by atoms with E-state index >= 15 is 0 Å². The first-order valence-electron chi connectivity index (χ1n) is 8.97. The fourth-order valence-corrected chi connectivity index (χ4v) is 4.09. The molecule has 2 fully saturated rings. The number of hydrogen-bond donors (Lipinski definition) is 1. The van der Waals surface area contributed by atoms with E-state index in [9.17, 15) is 4.79 Å². The number of aryl methyl sites for hydroxylation is 1. The van der Waals surface area contributed by atoms with Gasteiger partial charge in [-0.2, -0.15) is 0 Å². The molecule has 126 valence electrons. The zero-order chi connectivity index (χ0) is 16.2. The van der Waals surface area contributed by atoms with Gasteiger partial charge in [-0.1, -0.05) is 19.3 Å². The Bertz CT molecular complexity index is 554. The van der Waals surface area contributed by atoms with E-state index in [1.54, 1.807) is 6.92 Å². The van der Waals surface area contributed by atoms with E-state index in [0.717, 1.165) is 17.1 Å². The first kappa shape index (κ1) is 16.4. The molecule has 1 saturated heterocycles. The van der Waals surface area contributed by atoms with Crippen LogP contribution in [0.25, 0.3) is 0 Å². The second kappa shape index (κ2) is 7.39. The molecule has 1 aromatic heterocycles. The summed E-state index contributed by atoms with van der Waals surface area (Å²) in [5.41, 5.74) is 2.20. The Hall–Kier alpha value is -1.49. The average Bonchev–Trinajstić information content (AvgIpc) is 3.03. The van der Waals surface area contributed by atoms with E-state index in [0.29, 0.717) is 18.6 Å². The lowest BCUT2D eigenvalue weighted by molar-refractivity contribution is -0.119. The molecule has 3 rings (SSSR count). The van der Waals surface area contributed by atoms with Crippen LogP contribution in [0.5, 0.6) is 0 Å². The topological polar surface area (TPSA) is 58.1 Å². The lowest BCUT2D eigenvalue weighted by Gasteiger charge is -2.36. The summed E-state index contributed by atoms with van der Waals surface area (Å²) in [4.78, 5) is 23.1. The fraction of sp³-hybridized carbons (Fsp3) is 0.722. The minimum absolute atomic E-state index is 0.00733. The Kier molecular flexibility index (Phi) is 5.26. The summed E-state index contributed by atoms with van der Waals surface area (Å²) >= 11 is 0. The summed E-state index contributed by atoms with van der Waals surface area (Å²) in [6.45, 7) is 5.21. The largest absolute Gasteiger partial charge is 0.352 e. The van der Waals surface area contributed by atoms with Crippen LogP contribution in [0.2, 0.25) is 0 Å². The van der Waals surface area contributed by atoms with E-state index in [1.165, 1.54) is 51.5 Å². The van der Waals surface area contributed by atoms with Crippen LogP contribution < -0.4 is 5.32 Å². The second-order valence-electron chi connectivity index (χ2n) is 6.93. The summed E-state index contributed by atoms with van der Waals surface area (Å²) in [6.07, 6.45) is 11.0. The van der Waals surface area contributed by atoms with Gasteiger partial charge in [-0.05, 0) is 39.2 Å². The van der Waals surface area contributed by atoms with Crippen LogP contribution in [-0.2, 0) is 11.3 Å². The number of nitrogens with one attached hydrogen (secondary N) is 1. The Morgan fingerprint density at radius 3 is 2.78 bits per heavy atom. The van der Waals surface area contributed by atoms with Crippen LogP contribution >= 0.6 is 0 Å². The zero-order valence-electron chi connectivity index (χ0n) is 14.3. The standard InChI is InChI=1S/C18H28N4O/c1-13-19-11-15(12-20-14(2)23)18(21-13)17-9-6-10-22(17)16-7-4-3-5-8-16/h11,16-17H,3-10,12H2,1-2H3,(H,20,23). The van der Waals surface area contributed by atoms with E-state index < -0.39 is 0 Å². The predicted molar refractivity (Wildman–Crippen MR) is 89.8 cm³/mol. The molecule has 5 heteroatoms. The highest BCUT2D eigenvalue weighted by molar-refractivity contribution is 5.72. The molecule has 2 aliphatic rings. The Balaban J connectivity index is 1.83. The van der Waals surface area contributed by atoms with Crippen molar-refractivity contribution in [2.24, 2.45) is 0 Å². The van der Waals surface area contributed by atoms with Crippen molar-refractivity contribution in [2.45, 2.75) is 77.4 Å². The van der Waals surface area contributed by atoms with Crippen molar-refractivity contribution in [3.05, 3.63) is 23.3 Å². The van der Waals surface area contributed by atoms with Crippen LogP contribution in [0.3, 0.4) is 0 Å². The third-order valence-corrected chi connectivity index (χ3v) is 5.20. The number of likely N-dealkylation sites (tertiary alicyclic amines) is 1. The molecule has 1 aliphatic heterocycles. The van der Waals surface area contributed by atoms with E-state index in [2.05, 4.69) is 15.2 Å². The number of rotatable bonds is 4. The van der Waals surface area contributed by atoms with Gasteiger partial charge in [-0.3, -0.25) is 9.69 Å². The molecule has 0 spiro atoms. The molecular weight excluding hydrogens is 288 g/mol. The Labute approximate surface area is 138 Å². The van der Waals surface area contributed by atoms with Crippen molar-refractivity contribution in [1.82, 2.24) is 20.2 Å². The highest BCUT2D eigenvalue weighted by Gasteiger charge is 2.34. The van der Waals surface area contributed by atoms with Gasteiger partial charge in [0.15, 0.2) is 0 Å². The van der Waals surface area contributed by atoms with E-state index in [-0.39, 0.29) is 5.91 Å². The van der Waals surface area contributed by atoms with Crippen molar-refractivity contribution in [3.8, 4) is 0 Å². The third-order valence-electron chi connectivity index (χ3n) is 5.20. The van der Waals surface area contributed by atoms with Gasteiger partial charge in [0.1, 0.15) is 5.82 Å². The first-order chi connectivity index (χ1) is 11.1. The molecule has 23 heavy (non-hydrogen) atoms. The number of carbonyl (C=O) groups excluding carboxylic acids is 1. The number of hydrogen-bond acceptors (Lipinski definition) is 4. The lowest BCUT2D eigenvalue weighted by atomic mass is 9.93. The van der Waals surface area contributed by atoms with Gasteiger partial charge < -0.3 is 5.32 Å². The zero-order valence-corrected chi connectivity index (χ0v) is 14.3. The molecule has 1 amide bonds. The average molecular weight is 316 g/mol. The highest BCUT2D eigenvalue weighted by atomic mass is 16.1. The van der Waals surface area contributed by atoms with Gasteiger partial charge in [0.25, 0.3) is 0 Å². The molecule has 1 aromatic rings. The molecule has 0 radical (unpaired) electrons. The molecule has 1 aliphatic carbocycles. The van der Waals surface area contributed by atoms with Crippen molar-refractivity contribution in [2.75, 3.05) is 6.54 Å². The van der Waals surface area contributed by atoms with Crippen molar-refractivity contribution in [1.29, 1.82) is 0 Å². The molecule has 1 saturated carbocycles. The molecule has 1 N–H and O–H groups in total. The monoisotopic (exact) mass is 316 g/mol. The molecule has 1 atom stereocenters. The van der Waals surface area contributed by atoms with Gasteiger partial charge in [-0.15, -0.1) is 0 Å². The fourth-order valence-electron chi connectivity index (χ4n) is 4.09. The molecule has 1 unspecified atom stereocenters. The smallest absolute Gasteiger partial charge is 0.217 e. The normalized spacial score (nSPS) is 23.1. The molecular formula is C18H28N4O. The van der Waals surface area contributed by atoms with E-state index in [1.807, 2.05) is 13.1 Å². The van der Waals surface area contributed by atoms with Gasteiger partial charge in [-0.25, -0.2) is 9.97 Å². The summed E-state index contributed by atoms with van der Waals surface area (Å²) < 4.78 is 0. The number of nitrogens with zero attached hydrogens (tertiary/aromatic N) is 3. The number of carbonyl (C=O) groups is 1. The highest BCUT2D eigenvalue weighted by Crippen LogP contribution is 2.37. The Morgan fingerprint density at radius 1 is 1.26 bits per heavy atom. The summed E-state index contributed by atoms with van der Waals surface area (Å²) in [7, 11) is 0. The Morgan fingerprint density at radius 2 is 2.04 bits per heavy atom. The summed E-state index contributed by atoms with van der Waals surface area (Å²) in [6, 6.07) is 1.10. The first-order valence-corrected chi connectivity index (χ1v) is 8.97. The summed E-state index contributed by atoms with van der Waals surface area (Å²) in [5.74, 6) is 0.814. The maximum absolute atomic E-state index is 11.3. The minimum atomic E-state index is -0.00733. The van der Waals surface area contributed by atoms with Crippen LogP contribution in [0.15, 0.2) is 6.20 Å². The van der Waals surface area contributed by atoms with Gasteiger partial charge >= 0.3 is 0 Å². The minimum Gasteiger partial charge on any atom is -0.352 e. The van der Waals surface area contributed by atoms with Crippen LogP contribution in [-0.4, -0.2) is 33.4 Å². The van der Waals surface area contributed by atoms with Gasteiger partial charge in [0.2, 0.25) is 5.91 Å². The van der Waals surface area contributed by atoms with Crippen molar-refractivity contribution >= 4 is 5.91 Å². The van der Waals surface area contributed by atoms with E-state index in [4.69, 9.17) is 4.98 Å². The van der Waals surface area contributed by atoms with Crippen molar-refractivity contribution < 1.29 is 4.79 Å². The second-order valence-corrected chi connectivity index (χ2v) is 6.93. The van der Waals surface area contributed by atoms with Crippen molar-refractivity contribution in [3.63, 3.8) is 0 Å². The lowest BCUT2D eigenvalue weighted by Crippen LogP contribution is -2.37. The van der Waals surface area contributed by atoms with Gasteiger partial charge in [0.05, 0.1) is 11.7 Å². The maximum Gasteiger partial charge on any atom is 0.217 e. The van der Waals surface area contributed by atoms with Crippen LogP contribution in [0.1, 0.15) is 75.0 Å². The predicted octanol–water partition coefficient (Wildman–Crippen LogP) is 2.89. The molecule has 5 nitrogen and oxygen atoms in total. The van der Waals surface area contributed by atoms with Gasteiger partial charge in [0, 0.05) is 31.3 Å². The maximum atomic E-state index is 11.3. The molecule has 2 heterocycles. The van der Waals surface area contributed by atoms with Crippen LogP contribution in [0, 0.1) is 6.92 Å². The molecule has 0 aromatic carbocycles. The quantitative estimate of drug-likeness (QED) is 0.928. The number of aromatic nitrogens is 2.